The topological polar surface area (TPSA) is 61.8 Å². The lowest BCUT2D eigenvalue weighted by atomic mass is 10.1. The molecule has 22 heavy (non-hydrogen) atoms. The fraction of sp³-hybridized carbons (Fsp3) is 0.588. The summed E-state index contributed by atoms with van der Waals surface area (Å²) in [4.78, 5) is 13.7. The van der Waals surface area contributed by atoms with E-state index in [0.717, 1.165) is 5.75 Å². The van der Waals surface area contributed by atoms with Gasteiger partial charge in [0.1, 0.15) is 11.9 Å². The van der Waals surface area contributed by atoms with E-state index >= 15 is 0 Å². The first kappa shape index (κ1) is 18.3. The normalized spacial score (nSPS) is 12.6. The fourth-order valence-corrected chi connectivity index (χ4v) is 2.03. The lowest BCUT2D eigenvalue weighted by molar-refractivity contribution is 0.0476. The van der Waals surface area contributed by atoms with Gasteiger partial charge in [-0.2, -0.15) is 0 Å². The minimum atomic E-state index is -0.905. The standard InChI is InChI=1S/C17H28N2O3/c1-6-19(12-17(4,5)21)16(20)18-11-14(3)22-15-9-7-13(2)8-10-15/h7-10,14,21H,6,11-12H2,1-5H3,(H,18,20). The number of hydrogen-bond acceptors (Lipinski definition) is 3. The quantitative estimate of drug-likeness (QED) is 0.814. The molecule has 0 saturated heterocycles. The Balaban J connectivity index is 2.43. The van der Waals surface area contributed by atoms with Crippen LogP contribution >= 0.6 is 0 Å². The highest BCUT2D eigenvalue weighted by Crippen LogP contribution is 2.13. The molecule has 1 atom stereocenters. The number of urea groups is 1. The molecule has 2 N–H and O–H groups in total. The predicted molar refractivity (Wildman–Crippen MR) is 88.2 cm³/mol. The van der Waals surface area contributed by atoms with E-state index in [1.165, 1.54) is 5.56 Å². The summed E-state index contributed by atoms with van der Waals surface area (Å²) in [6.45, 7) is 10.4. The smallest absolute Gasteiger partial charge is 0.317 e. The second-order valence-electron chi connectivity index (χ2n) is 6.25. The maximum absolute atomic E-state index is 12.1. The van der Waals surface area contributed by atoms with E-state index in [4.69, 9.17) is 4.74 Å². The number of carbonyl (C=O) groups excluding carboxylic acids is 1. The number of hydrogen-bond donors (Lipinski definition) is 2. The van der Waals surface area contributed by atoms with Gasteiger partial charge in [-0.25, -0.2) is 4.79 Å². The first-order chi connectivity index (χ1) is 10.2. The molecule has 0 spiro atoms. The third-order valence-electron chi connectivity index (χ3n) is 3.15. The van der Waals surface area contributed by atoms with Crippen molar-refractivity contribution in [1.29, 1.82) is 0 Å². The third-order valence-corrected chi connectivity index (χ3v) is 3.15. The summed E-state index contributed by atoms with van der Waals surface area (Å²) in [5, 5.41) is 12.7. The lowest BCUT2D eigenvalue weighted by Gasteiger charge is -2.28. The number of aryl methyl sites for hydroxylation is 1. The van der Waals surface area contributed by atoms with Crippen LogP contribution in [0, 0.1) is 6.92 Å². The summed E-state index contributed by atoms with van der Waals surface area (Å²) in [5.74, 6) is 0.788. The molecule has 1 aromatic rings. The summed E-state index contributed by atoms with van der Waals surface area (Å²) < 4.78 is 5.75. The molecule has 0 fully saturated rings. The molecule has 124 valence electrons. The van der Waals surface area contributed by atoms with Crippen LogP contribution < -0.4 is 10.1 Å². The van der Waals surface area contributed by atoms with E-state index in [1.54, 1.807) is 18.7 Å². The van der Waals surface area contributed by atoms with Crippen molar-refractivity contribution in [2.45, 2.75) is 46.3 Å². The molecule has 0 heterocycles. The van der Waals surface area contributed by atoms with Crippen molar-refractivity contribution in [3.8, 4) is 5.75 Å². The van der Waals surface area contributed by atoms with Gasteiger partial charge in [-0.05, 0) is 46.8 Å². The Morgan fingerprint density at radius 2 is 1.95 bits per heavy atom. The average Bonchev–Trinajstić information content (AvgIpc) is 2.43. The Hall–Kier alpha value is -1.75. The fourth-order valence-electron chi connectivity index (χ4n) is 2.03. The minimum absolute atomic E-state index is 0.132. The van der Waals surface area contributed by atoms with Crippen molar-refractivity contribution in [1.82, 2.24) is 10.2 Å². The molecule has 0 aliphatic heterocycles. The molecule has 5 heteroatoms. The number of likely N-dealkylation sites (N-methyl/N-ethyl adjacent to an activating group) is 1. The summed E-state index contributed by atoms with van der Waals surface area (Å²) in [5.41, 5.74) is 0.274. The molecule has 5 nitrogen and oxygen atoms in total. The largest absolute Gasteiger partial charge is 0.489 e. The number of ether oxygens (including phenoxy) is 1. The van der Waals surface area contributed by atoms with Gasteiger partial charge in [0.2, 0.25) is 0 Å². The van der Waals surface area contributed by atoms with Crippen LogP contribution in [0.4, 0.5) is 4.79 Å². The molecular weight excluding hydrogens is 280 g/mol. The van der Waals surface area contributed by atoms with E-state index in [0.29, 0.717) is 19.6 Å². The molecule has 0 radical (unpaired) electrons. The van der Waals surface area contributed by atoms with Gasteiger partial charge in [-0.1, -0.05) is 17.7 Å². The molecular formula is C17H28N2O3. The molecule has 0 bridgehead atoms. The Bertz CT molecular complexity index is 466. The second-order valence-corrected chi connectivity index (χ2v) is 6.25. The highest BCUT2D eigenvalue weighted by molar-refractivity contribution is 5.74. The number of nitrogens with one attached hydrogen (secondary N) is 1. The molecule has 1 rings (SSSR count). The second kappa shape index (κ2) is 8.03. The van der Waals surface area contributed by atoms with E-state index < -0.39 is 5.60 Å². The maximum atomic E-state index is 12.1. The van der Waals surface area contributed by atoms with Crippen LogP contribution in [0.5, 0.6) is 5.75 Å². The average molecular weight is 308 g/mol. The van der Waals surface area contributed by atoms with Crippen LogP contribution in [0.15, 0.2) is 24.3 Å². The van der Waals surface area contributed by atoms with Crippen molar-refractivity contribution in [2.24, 2.45) is 0 Å². The van der Waals surface area contributed by atoms with Crippen molar-refractivity contribution < 1.29 is 14.6 Å². The van der Waals surface area contributed by atoms with Gasteiger partial charge in [0.15, 0.2) is 0 Å². The maximum Gasteiger partial charge on any atom is 0.317 e. The predicted octanol–water partition coefficient (Wildman–Crippen LogP) is 2.56. The summed E-state index contributed by atoms with van der Waals surface area (Å²) in [6.07, 6.45) is -0.132. The van der Waals surface area contributed by atoms with E-state index in [1.807, 2.05) is 45.0 Å². The molecule has 1 aromatic carbocycles. The molecule has 2 amide bonds. The third kappa shape index (κ3) is 6.80. The summed E-state index contributed by atoms with van der Waals surface area (Å²) in [6, 6.07) is 7.62. The van der Waals surface area contributed by atoms with Crippen molar-refractivity contribution in [3.05, 3.63) is 29.8 Å². The SMILES string of the molecule is CCN(CC(C)(C)O)C(=O)NCC(C)Oc1ccc(C)cc1. The summed E-state index contributed by atoms with van der Waals surface area (Å²) >= 11 is 0. The number of carbonyl (C=O) groups is 1. The van der Waals surface area contributed by atoms with E-state index in [2.05, 4.69) is 5.32 Å². The van der Waals surface area contributed by atoms with Gasteiger partial charge < -0.3 is 20.1 Å². The minimum Gasteiger partial charge on any atom is -0.489 e. The van der Waals surface area contributed by atoms with E-state index in [9.17, 15) is 9.90 Å². The Labute approximate surface area is 133 Å². The molecule has 0 aliphatic rings. The highest BCUT2D eigenvalue weighted by atomic mass is 16.5. The van der Waals surface area contributed by atoms with E-state index in [-0.39, 0.29) is 12.1 Å². The van der Waals surface area contributed by atoms with Crippen molar-refractivity contribution >= 4 is 6.03 Å². The Kier molecular flexibility index (Phi) is 6.68. The summed E-state index contributed by atoms with van der Waals surface area (Å²) in [7, 11) is 0. The Morgan fingerprint density at radius 1 is 1.36 bits per heavy atom. The number of benzene rings is 1. The van der Waals surface area contributed by atoms with Gasteiger partial charge in [-0.15, -0.1) is 0 Å². The van der Waals surface area contributed by atoms with Gasteiger partial charge >= 0.3 is 6.03 Å². The van der Waals surface area contributed by atoms with Crippen LogP contribution in [-0.4, -0.2) is 47.4 Å². The lowest BCUT2D eigenvalue weighted by Crippen LogP contribution is -2.48. The van der Waals surface area contributed by atoms with Crippen LogP contribution in [0.2, 0.25) is 0 Å². The number of nitrogens with zero attached hydrogens (tertiary/aromatic N) is 1. The van der Waals surface area contributed by atoms with Crippen molar-refractivity contribution in [2.75, 3.05) is 19.6 Å². The zero-order chi connectivity index (χ0) is 16.8. The van der Waals surface area contributed by atoms with Crippen LogP contribution in [0.25, 0.3) is 0 Å². The first-order valence-electron chi connectivity index (χ1n) is 7.69. The van der Waals surface area contributed by atoms with Crippen molar-refractivity contribution in [3.63, 3.8) is 0 Å². The zero-order valence-corrected chi connectivity index (χ0v) is 14.2. The monoisotopic (exact) mass is 308 g/mol. The Morgan fingerprint density at radius 3 is 2.45 bits per heavy atom. The van der Waals surface area contributed by atoms with Crippen LogP contribution in [0.3, 0.4) is 0 Å². The highest BCUT2D eigenvalue weighted by Gasteiger charge is 2.21. The van der Waals surface area contributed by atoms with Gasteiger partial charge in [0.25, 0.3) is 0 Å². The molecule has 0 aliphatic carbocycles. The number of amides is 2. The molecule has 0 saturated carbocycles. The first-order valence-corrected chi connectivity index (χ1v) is 7.69. The zero-order valence-electron chi connectivity index (χ0n) is 14.2. The van der Waals surface area contributed by atoms with Crippen LogP contribution in [-0.2, 0) is 0 Å². The molecule has 0 aromatic heterocycles. The molecule has 1 unspecified atom stereocenters. The van der Waals surface area contributed by atoms with Gasteiger partial charge in [0, 0.05) is 6.54 Å². The van der Waals surface area contributed by atoms with Crippen LogP contribution in [0.1, 0.15) is 33.3 Å². The van der Waals surface area contributed by atoms with Gasteiger partial charge in [0.05, 0.1) is 18.7 Å². The number of rotatable bonds is 7. The number of aliphatic hydroxyl groups is 1. The van der Waals surface area contributed by atoms with Gasteiger partial charge in [-0.3, -0.25) is 0 Å².